The fourth-order valence-corrected chi connectivity index (χ4v) is 3.05. The number of aromatic amines is 1. The number of methoxy groups -OCH3 is 1. The number of H-pyrrole nitrogens is 1. The van der Waals surface area contributed by atoms with Crippen LogP contribution in [-0.4, -0.2) is 59.7 Å². The first-order chi connectivity index (χ1) is 12.0. The quantitative estimate of drug-likeness (QED) is 0.832. The first kappa shape index (κ1) is 17.7. The van der Waals surface area contributed by atoms with Crippen molar-refractivity contribution in [2.45, 2.75) is 39.0 Å². The van der Waals surface area contributed by atoms with Gasteiger partial charge in [0.15, 0.2) is 0 Å². The number of nitrogens with one attached hydrogen (secondary N) is 2. The second-order valence-corrected chi connectivity index (χ2v) is 6.63. The van der Waals surface area contributed by atoms with Crippen LogP contribution in [0.4, 0.5) is 0 Å². The Morgan fingerprint density at radius 2 is 2.36 bits per heavy atom. The van der Waals surface area contributed by atoms with E-state index >= 15 is 0 Å². The van der Waals surface area contributed by atoms with E-state index in [1.165, 1.54) is 0 Å². The molecule has 136 valence electrons. The summed E-state index contributed by atoms with van der Waals surface area (Å²) in [5, 5.41) is 2.92. The van der Waals surface area contributed by atoms with E-state index in [0.29, 0.717) is 25.6 Å². The lowest BCUT2D eigenvalue weighted by atomic mass is 10.1. The van der Waals surface area contributed by atoms with Gasteiger partial charge in [0, 0.05) is 25.2 Å². The molecule has 1 aromatic heterocycles. The highest BCUT2D eigenvalue weighted by Gasteiger charge is 2.24. The number of rotatable bonds is 6. The highest BCUT2D eigenvalue weighted by Crippen LogP contribution is 2.18. The molecular weight excluding hydrogens is 320 g/mol. The van der Waals surface area contributed by atoms with E-state index < -0.39 is 0 Å². The lowest BCUT2D eigenvalue weighted by Crippen LogP contribution is -2.47. The summed E-state index contributed by atoms with van der Waals surface area (Å²) in [6.07, 6.45) is 0.327. The predicted octanol–water partition coefficient (Wildman–Crippen LogP) is 1.69. The van der Waals surface area contributed by atoms with Gasteiger partial charge >= 0.3 is 0 Å². The molecule has 0 bridgehead atoms. The van der Waals surface area contributed by atoms with Gasteiger partial charge in [0.1, 0.15) is 11.6 Å². The molecule has 0 saturated carbocycles. The number of carbonyl (C=O) groups is 1. The number of benzene rings is 1. The van der Waals surface area contributed by atoms with Gasteiger partial charge in [0.2, 0.25) is 5.91 Å². The average molecular weight is 346 g/mol. The topological polar surface area (TPSA) is 79.5 Å². The Hall–Kier alpha value is -2.12. The number of amides is 1. The van der Waals surface area contributed by atoms with Gasteiger partial charge in [-0.25, -0.2) is 4.98 Å². The lowest BCUT2D eigenvalue weighted by molar-refractivity contribution is -0.126. The molecule has 2 N–H and O–H groups in total. The van der Waals surface area contributed by atoms with Crippen molar-refractivity contribution in [3.05, 3.63) is 24.0 Å². The Labute approximate surface area is 147 Å². The summed E-state index contributed by atoms with van der Waals surface area (Å²) in [6, 6.07) is 6.13. The summed E-state index contributed by atoms with van der Waals surface area (Å²) in [6.45, 7) is 7.11. The van der Waals surface area contributed by atoms with E-state index in [2.05, 4.69) is 34.0 Å². The molecule has 25 heavy (non-hydrogen) atoms. The van der Waals surface area contributed by atoms with Crippen LogP contribution < -0.4 is 10.1 Å². The van der Waals surface area contributed by atoms with Crippen molar-refractivity contribution in [3.63, 3.8) is 0 Å². The molecule has 1 aliphatic rings. The molecule has 0 aliphatic carbocycles. The first-order valence-corrected chi connectivity index (χ1v) is 8.70. The number of hydrogen-bond donors (Lipinski definition) is 2. The molecule has 0 unspecified atom stereocenters. The summed E-state index contributed by atoms with van der Waals surface area (Å²) in [5.41, 5.74) is 1.75. The number of fused-ring (bicyclic) bond motifs is 1. The molecule has 0 radical (unpaired) electrons. The van der Waals surface area contributed by atoms with Gasteiger partial charge in [0.05, 0.1) is 43.8 Å². The average Bonchev–Trinajstić information content (AvgIpc) is 3.02. The van der Waals surface area contributed by atoms with Gasteiger partial charge in [-0.05, 0) is 26.0 Å². The van der Waals surface area contributed by atoms with Gasteiger partial charge in [-0.1, -0.05) is 0 Å². The normalized spacial score (nSPS) is 18.6. The number of imidazole rings is 1. The van der Waals surface area contributed by atoms with Gasteiger partial charge in [-0.2, -0.15) is 0 Å². The van der Waals surface area contributed by atoms with Gasteiger partial charge in [-0.15, -0.1) is 0 Å². The largest absolute Gasteiger partial charge is 0.497 e. The van der Waals surface area contributed by atoms with Crippen LogP contribution in [0.1, 0.15) is 26.1 Å². The van der Waals surface area contributed by atoms with Crippen molar-refractivity contribution in [2.75, 3.05) is 26.8 Å². The second-order valence-electron chi connectivity index (χ2n) is 6.63. The fourth-order valence-electron chi connectivity index (χ4n) is 3.05. The Kier molecular flexibility index (Phi) is 5.55. The number of nitrogens with zero attached hydrogens (tertiary/aromatic N) is 2. The zero-order valence-corrected chi connectivity index (χ0v) is 15.0. The maximum atomic E-state index is 12.2. The van der Waals surface area contributed by atoms with Gasteiger partial charge in [0.25, 0.3) is 0 Å². The minimum absolute atomic E-state index is 0.0198. The summed E-state index contributed by atoms with van der Waals surface area (Å²) in [5.74, 6) is 1.48. The van der Waals surface area contributed by atoms with E-state index in [0.717, 1.165) is 35.7 Å². The molecule has 0 spiro atoms. The molecule has 1 saturated heterocycles. The van der Waals surface area contributed by atoms with Crippen molar-refractivity contribution < 1.29 is 14.3 Å². The number of hydrogen-bond acceptors (Lipinski definition) is 5. The monoisotopic (exact) mass is 346 g/mol. The van der Waals surface area contributed by atoms with Crippen LogP contribution >= 0.6 is 0 Å². The van der Waals surface area contributed by atoms with Crippen LogP contribution in [0.3, 0.4) is 0 Å². The zero-order chi connectivity index (χ0) is 17.8. The summed E-state index contributed by atoms with van der Waals surface area (Å²) in [7, 11) is 1.63. The molecule has 1 atom stereocenters. The van der Waals surface area contributed by atoms with Gasteiger partial charge in [-0.3, -0.25) is 9.69 Å². The zero-order valence-electron chi connectivity index (χ0n) is 15.0. The highest BCUT2D eigenvalue weighted by atomic mass is 16.5. The van der Waals surface area contributed by atoms with Crippen molar-refractivity contribution in [1.29, 1.82) is 0 Å². The molecular formula is C18H26N4O3. The van der Waals surface area contributed by atoms with Crippen LogP contribution in [0.5, 0.6) is 5.75 Å². The smallest absolute Gasteiger partial charge is 0.223 e. The maximum Gasteiger partial charge on any atom is 0.223 e. The SMILES string of the molecule is COc1ccc2nc(CNC(=O)C[C@H]3CN(C(C)C)CCO3)[nH]c2c1. The van der Waals surface area contributed by atoms with E-state index in [4.69, 9.17) is 9.47 Å². The molecule has 2 heterocycles. The molecule has 1 amide bonds. The molecule has 1 aliphatic heterocycles. The predicted molar refractivity (Wildman–Crippen MR) is 95.6 cm³/mol. The molecule has 1 aromatic carbocycles. The van der Waals surface area contributed by atoms with E-state index in [-0.39, 0.29) is 12.0 Å². The standard InChI is InChI=1S/C18H26N4O3/c1-12(2)22-6-7-25-14(11-22)9-18(23)19-10-17-20-15-5-4-13(24-3)8-16(15)21-17/h4-5,8,12,14H,6-7,9-11H2,1-3H3,(H,19,23)(H,20,21)/t14-/m0/s1. The Morgan fingerprint density at radius 3 is 3.12 bits per heavy atom. The van der Waals surface area contributed by atoms with Crippen LogP contribution in [0.25, 0.3) is 11.0 Å². The van der Waals surface area contributed by atoms with Crippen molar-refractivity contribution >= 4 is 16.9 Å². The minimum Gasteiger partial charge on any atom is -0.497 e. The number of aromatic nitrogens is 2. The van der Waals surface area contributed by atoms with E-state index in [1.807, 2.05) is 18.2 Å². The fraction of sp³-hybridized carbons (Fsp3) is 0.556. The Balaban J connectivity index is 1.52. The van der Waals surface area contributed by atoms with Crippen molar-refractivity contribution in [2.24, 2.45) is 0 Å². The highest BCUT2D eigenvalue weighted by molar-refractivity contribution is 5.78. The van der Waals surface area contributed by atoms with Crippen LogP contribution in [-0.2, 0) is 16.1 Å². The van der Waals surface area contributed by atoms with E-state index in [9.17, 15) is 4.79 Å². The van der Waals surface area contributed by atoms with Crippen LogP contribution in [0.2, 0.25) is 0 Å². The van der Waals surface area contributed by atoms with Crippen LogP contribution in [0, 0.1) is 0 Å². The molecule has 3 rings (SSSR count). The maximum absolute atomic E-state index is 12.2. The third-order valence-corrected chi connectivity index (χ3v) is 4.50. The summed E-state index contributed by atoms with van der Waals surface area (Å²) < 4.78 is 10.9. The second kappa shape index (κ2) is 7.84. The third-order valence-electron chi connectivity index (χ3n) is 4.50. The van der Waals surface area contributed by atoms with Gasteiger partial charge < -0.3 is 19.8 Å². The molecule has 2 aromatic rings. The summed E-state index contributed by atoms with van der Waals surface area (Å²) >= 11 is 0. The summed E-state index contributed by atoms with van der Waals surface area (Å²) in [4.78, 5) is 22.2. The lowest BCUT2D eigenvalue weighted by Gasteiger charge is -2.35. The number of ether oxygens (including phenoxy) is 2. The molecule has 1 fully saturated rings. The first-order valence-electron chi connectivity index (χ1n) is 8.70. The van der Waals surface area contributed by atoms with Crippen molar-refractivity contribution in [3.8, 4) is 5.75 Å². The third kappa shape index (κ3) is 4.49. The Bertz CT molecular complexity index is 728. The minimum atomic E-state index is -0.0453. The van der Waals surface area contributed by atoms with Crippen molar-refractivity contribution in [1.82, 2.24) is 20.2 Å². The Morgan fingerprint density at radius 1 is 1.52 bits per heavy atom. The molecule has 7 nitrogen and oxygen atoms in total. The number of morpholine rings is 1. The van der Waals surface area contributed by atoms with Crippen LogP contribution in [0.15, 0.2) is 18.2 Å². The molecule has 7 heteroatoms. The van der Waals surface area contributed by atoms with E-state index in [1.54, 1.807) is 7.11 Å². The number of carbonyl (C=O) groups excluding carboxylic acids is 1.